The van der Waals surface area contributed by atoms with E-state index < -0.39 is 26.8 Å². The maximum absolute atomic E-state index is 9.95. The summed E-state index contributed by atoms with van der Waals surface area (Å²) in [6, 6.07) is 4.47. The molecule has 0 aliphatic rings. The molecular formula is C12H16N2O. The third kappa shape index (κ3) is 1.97. The third-order valence-electron chi connectivity index (χ3n) is 2.06. The van der Waals surface area contributed by atoms with Crippen LogP contribution in [0.5, 0.6) is 5.75 Å². The highest BCUT2D eigenvalue weighted by atomic mass is 16.3. The standard InChI is InChI=1S/C12H16N2O/c1-14(2)7-6-9-8-13-10-4-3-5-11(15)12(9)10/h3-5,8,13,15H,6-7H2,1-2H3/i1D3,2D3,6D,7D2. The Labute approximate surface area is 102 Å². The zero-order valence-electron chi connectivity index (χ0n) is 16.8. The molecule has 1 aromatic carbocycles. The van der Waals surface area contributed by atoms with Gasteiger partial charge in [-0.05, 0) is 38.0 Å². The van der Waals surface area contributed by atoms with Gasteiger partial charge in [0.1, 0.15) is 5.75 Å². The quantitative estimate of drug-likeness (QED) is 0.818. The zero-order valence-corrected chi connectivity index (χ0v) is 7.78. The zero-order chi connectivity index (χ0) is 18.5. The molecule has 3 nitrogen and oxygen atoms in total. The maximum atomic E-state index is 9.95. The lowest BCUT2D eigenvalue weighted by Gasteiger charge is -2.08. The summed E-state index contributed by atoms with van der Waals surface area (Å²) in [6.07, 6.45) is -0.628. The van der Waals surface area contributed by atoms with Crippen LogP contribution in [0.2, 0.25) is 0 Å². The molecule has 0 aliphatic carbocycles. The van der Waals surface area contributed by atoms with Crippen molar-refractivity contribution in [2.45, 2.75) is 6.40 Å². The van der Waals surface area contributed by atoms with Crippen molar-refractivity contribution in [1.82, 2.24) is 9.88 Å². The van der Waals surface area contributed by atoms with Gasteiger partial charge in [-0.1, -0.05) is 6.07 Å². The first-order chi connectivity index (χ1) is 10.8. The molecule has 0 aliphatic heterocycles. The van der Waals surface area contributed by atoms with Crippen LogP contribution in [0.25, 0.3) is 10.9 Å². The summed E-state index contributed by atoms with van der Waals surface area (Å²) in [5, 5.41) is 10.1. The van der Waals surface area contributed by atoms with Crippen LogP contribution in [0.1, 0.15) is 17.9 Å². The van der Waals surface area contributed by atoms with E-state index >= 15 is 0 Å². The number of nitrogens with zero attached hydrogens (tertiary/aromatic N) is 1. The van der Waals surface area contributed by atoms with Crippen LogP contribution in [0.3, 0.4) is 0 Å². The predicted molar refractivity (Wildman–Crippen MR) is 62.2 cm³/mol. The van der Waals surface area contributed by atoms with Gasteiger partial charge in [0.2, 0.25) is 0 Å². The fourth-order valence-electron chi connectivity index (χ4n) is 1.44. The Morgan fingerprint density at radius 2 is 2.40 bits per heavy atom. The first kappa shape index (κ1) is 3.83. The number of likely N-dealkylation sites (N-methyl/N-ethyl adjacent to an activating group) is 1. The lowest BCUT2D eigenvalue weighted by molar-refractivity contribution is 0.414. The fourth-order valence-corrected chi connectivity index (χ4v) is 1.44. The molecule has 2 aromatic rings. The van der Waals surface area contributed by atoms with E-state index in [1.54, 1.807) is 12.1 Å². The van der Waals surface area contributed by atoms with Gasteiger partial charge in [-0.25, -0.2) is 0 Å². The summed E-state index contributed by atoms with van der Waals surface area (Å²) in [6.45, 7) is -9.60. The molecular weight excluding hydrogens is 188 g/mol. The molecule has 0 fully saturated rings. The minimum absolute atomic E-state index is 0.0356. The fraction of sp³-hybridized carbons (Fsp3) is 0.333. The van der Waals surface area contributed by atoms with Crippen LogP contribution >= 0.6 is 0 Å². The van der Waals surface area contributed by atoms with Crippen LogP contribution < -0.4 is 0 Å². The molecule has 1 aromatic heterocycles. The smallest absolute Gasteiger partial charge is 0.125 e. The molecule has 0 radical (unpaired) electrons. The number of rotatable bonds is 3. The van der Waals surface area contributed by atoms with Crippen molar-refractivity contribution >= 4 is 10.9 Å². The van der Waals surface area contributed by atoms with Gasteiger partial charge in [-0.3, -0.25) is 0 Å². The molecule has 1 unspecified atom stereocenters. The molecule has 0 bridgehead atoms. The molecule has 0 amide bonds. The summed E-state index contributed by atoms with van der Waals surface area (Å²) < 4.78 is 68.2. The molecule has 0 saturated heterocycles. The second-order valence-electron chi connectivity index (χ2n) is 3.05. The first-order valence-electron chi connectivity index (χ1n) is 8.87. The van der Waals surface area contributed by atoms with Gasteiger partial charge in [0.25, 0.3) is 0 Å². The van der Waals surface area contributed by atoms with E-state index in [0.29, 0.717) is 5.52 Å². The van der Waals surface area contributed by atoms with Crippen LogP contribution in [0.4, 0.5) is 0 Å². The van der Waals surface area contributed by atoms with E-state index in [0.717, 1.165) is 0 Å². The largest absolute Gasteiger partial charge is 0.507 e. The number of aromatic amines is 1. The van der Waals surface area contributed by atoms with Gasteiger partial charge in [0, 0.05) is 35.9 Å². The Morgan fingerprint density at radius 1 is 1.53 bits per heavy atom. The number of aryl methyl sites for hydroxylation is 1. The minimum atomic E-state index is -3.28. The minimum Gasteiger partial charge on any atom is -0.507 e. The molecule has 2 rings (SSSR count). The molecule has 80 valence electrons. The SMILES string of the molecule is [2H]C(c1c[nH]c2cccc(O)c12)C([2H])([2H])N(C([2H])([2H])[2H])C([2H])([2H])[2H]. The molecule has 15 heavy (non-hydrogen) atoms. The number of aromatic nitrogens is 1. The number of benzene rings is 1. The van der Waals surface area contributed by atoms with Crippen molar-refractivity contribution in [3.05, 3.63) is 30.0 Å². The number of H-pyrrole nitrogens is 1. The Kier molecular flexibility index (Phi) is 1.01. The number of nitrogens with one attached hydrogen (secondary N) is 1. The van der Waals surface area contributed by atoms with Gasteiger partial charge in [0.05, 0.1) is 0 Å². The van der Waals surface area contributed by atoms with E-state index in [2.05, 4.69) is 4.98 Å². The Balaban J connectivity index is 2.58. The van der Waals surface area contributed by atoms with E-state index in [1.807, 2.05) is 0 Å². The number of hydrogen-bond donors (Lipinski definition) is 2. The van der Waals surface area contributed by atoms with E-state index in [1.165, 1.54) is 12.3 Å². The second kappa shape index (κ2) is 3.95. The van der Waals surface area contributed by atoms with Gasteiger partial charge in [0.15, 0.2) is 0 Å². The van der Waals surface area contributed by atoms with Crippen LogP contribution in [0.15, 0.2) is 24.4 Å². The van der Waals surface area contributed by atoms with Gasteiger partial charge in [-0.15, -0.1) is 0 Å². The first-order valence-corrected chi connectivity index (χ1v) is 4.29. The van der Waals surface area contributed by atoms with E-state index in [9.17, 15) is 5.11 Å². The van der Waals surface area contributed by atoms with Crippen molar-refractivity contribution in [3.8, 4) is 5.75 Å². The summed E-state index contributed by atoms with van der Waals surface area (Å²) in [4.78, 5) is 2.49. The van der Waals surface area contributed by atoms with E-state index in [4.69, 9.17) is 12.3 Å². The Hall–Kier alpha value is -1.48. The van der Waals surface area contributed by atoms with Crippen molar-refractivity contribution in [2.75, 3.05) is 20.4 Å². The predicted octanol–water partition coefficient (Wildman–Crippen LogP) is 1.98. The van der Waals surface area contributed by atoms with Gasteiger partial charge in [-0.2, -0.15) is 0 Å². The summed E-state index contributed by atoms with van der Waals surface area (Å²) in [5.74, 6) is -0.217. The molecule has 1 heterocycles. The lowest BCUT2D eigenvalue weighted by atomic mass is 10.1. The van der Waals surface area contributed by atoms with Crippen molar-refractivity contribution < 1.29 is 17.4 Å². The summed E-state index contributed by atoms with van der Waals surface area (Å²) in [7, 11) is 0. The van der Waals surface area contributed by atoms with Gasteiger partial charge < -0.3 is 15.0 Å². The molecule has 1 atom stereocenters. The molecule has 3 heteroatoms. The Morgan fingerprint density at radius 3 is 3.20 bits per heavy atom. The normalized spacial score (nSPS) is 25.0. The van der Waals surface area contributed by atoms with Crippen LogP contribution in [0, 0.1) is 0 Å². The average Bonchev–Trinajstić information content (AvgIpc) is 2.78. The van der Waals surface area contributed by atoms with E-state index in [-0.39, 0.29) is 21.6 Å². The number of aromatic hydroxyl groups is 1. The highest BCUT2D eigenvalue weighted by molar-refractivity contribution is 5.88. The number of phenols is 1. The lowest BCUT2D eigenvalue weighted by Crippen LogP contribution is -2.14. The van der Waals surface area contributed by atoms with Crippen LogP contribution in [-0.2, 0) is 6.40 Å². The molecule has 0 saturated carbocycles. The summed E-state index contributed by atoms with van der Waals surface area (Å²) in [5.41, 5.74) is 0.388. The molecule has 2 N–H and O–H groups in total. The average molecular weight is 213 g/mol. The van der Waals surface area contributed by atoms with Crippen molar-refractivity contribution in [1.29, 1.82) is 0 Å². The molecule has 0 spiro atoms. The topological polar surface area (TPSA) is 39.3 Å². The second-order valence-corrected chi connectivity index (χ2v) is 3.05. The monoisotopic (exact) mass is 213 g/mol. The van der Waals surface area contributed by atoms with Crippen LogP contribution in [-0.4, -0.2) is 35.4 Å². The number of phenolic OH excluding ortho intramolecular Hbond substituents is 1. The number of fused-ring (bicyclic) bond motifs is 1. The number of hydrogen-bond acceptors (Lipinski definition) is 2. The maximum Gasteiger partial charge on any atom is 0.125 e. The van der Waals surface area contributed by atoms with Crippen molar-refractivity contribution in [2.24, 2.45) is 0 Å². The Bertz CT molecular complexity index is 720. The summed E-state index contributed by atoms with van der Waals surface area (Å²) >= 11 is 0. The van der Waals surface area contributed by atoms with Crippen molar-refractivity contribution in [3.63, 3.8) is 0 Å². The third-order valence-corrected chi connectivity index (χ3v) is 2.06. The highest BCUT2D eigenvalue weighted by Crippen LogP contribution is 2.27. The highest BCUT2D eigenvalue weighted by Gasteiger charge is 2.07. The van der Waals surface area contributed by atoms with Gasteiger partial charge >= 0.3 is 0 Å².